The Balaban J connectivity index is 1.92. The number of ketones is 1. The van der Waals surface area contributed by atoms with Crippen molar-refractivity contribution in [1.82, 2.24) is 5.32 Å². The fourth-order valence-corrected chi connectivity index (χ4v) is 6.13. The van der Waals surface area contributed by atoms with Gasteiger partial charge in [-0.1, -0.05) is 0 Å². The van der Waals surface area contributed by atoms with E-state index in [1.807, 2.05) is 0 Å². The normalized spacial score (nSPS) is 23.8. The number of Topliss-reactive ketones (excluding diaryl/α,β-unsaturated/α-hetero) is 1. The lowest BCUT2D eigenvalue weighted by Gasteiger charge is -2.37. The number of ether oxygens (including phenoxy) is 1. The van der Waals surface area contributed by atoms with Crippen molar-refractivity contribution in [1.29, 1.82) is 0 Å². The third-order valence-corrected chi connectivity index (χ3v) is 7.32. The van der Waals surface area contributed by atoms with Crippen LogP contribution < -0.4 is 10.1 Å². The van der Waals surface area contributed by atoms with E-state index in [-0.39, 0.29) is 22.8 Å². The molecule has 1 aliphatic carbocycles. The third kappa shape index (κ3) is 3.04. The maximum absolute atomic E-state index is 13.0. The number of halogens is 2. The summed E-state index contributed by atoms with van der Waals surface area (Å²) in [6.07, 6.45) is 2.16. The molecule has 1 atom stereocenters. The highest BCUT2D eigenvalue weighted by atomic mass is 32.2. The van der Waals surface area contributed by atoms with E-state index in [9.17, 15) is 22.0 Å². The first kappa shape index (κ1) is 17.3. The van der Waals surface area contributed by atoms with E-state index in [0.29, 0.717) is 32.4 Å². The van der Waals surface area contributed by atoms with E-state index in [1.165, 1.54) is 24.3 Å². The minimum absolute atomic E-state index is 0.0257. The Morgan fingerprint density at radius 3 is 2.33 bits per heavy atom. The van der Waals surface area contributed by atoms with Crippen molar-refractivity contribution in [3.8, 4) is 5.75 Å². The van der Waals surface area contributed by atoms with Gasteiger partial charge in [0.05, 0.1) is 4.90 Å². The Morgan fingerprint density at radius 2 is 1.75 bits per heavy atom. The Bertz CT molecular complexity index is 712. The molecule has 2 fully saturated rings. The van der Waals surface area contributed by atoms with Gasteiger partial charge in [-0.3, -0.25) is 4.79 Å². The largest absolute Gasteiger partial charge is 0.435 e. The minimum atomic E-state index is -3.86. The Morgan fingerprint density at radius 1 is 1.12 bits per heavy atom. The van der Waals surface area contributed by atoms with Crippen LogP contribution in [0.1, 0.15) is 25.7 Å². The molecule has 1 aromatic rings. The lowest BCUT2D eigenvalue weighted by Crippen LogP contribution is -2.46. The maximum atomic E-state index is 13.0. The van der Waals surface area contributed by atoms with Gasteiger partial charge in [0.15, 0.2) is 15.6 Å². The van der Waals surface area contributed by atoms with Crippen LogP contribution in [0.25, 0.3) is 0 Å². The van der Waals surface area contributed by atoms with Crippen LogP contribution in [-0.4, -0.2) is 39.2 Å². The van der Waals surface area contributed by atoms with Gasteiger partial charge < -0.3 is 10.1 Å². The number of piperidine rings is 1. The monoisotopic (exact) mass is 359 g/mol. The molecule has 5 nitrogen and oxygen atoms in total. The number of hydrogen-bond acceptors (Lipinski definition) is 5. The zero-order valence-electron chi connectivity index (χ0n) is 13.0. The zero-order valence-corrected chi connectivity index (χ0v) is 13.8. The van der Waals surface area contributed by atoms with Gasteiger partial charge in [-0.15, -0.1) is 0 Å². The van der Waals surface area contributed by atoms with Gasteiger partial charge in [0.2, 0.25) is 0 Å². The highest BCUT2D eigenvalue weighted by molar-refractivity contribution is 7.93. The molecule has 0 amide bonds. The zero-order chi connectivity index (χ0) is 17.4. The summed E-state index contributed by atoms with van der Waals surface area (Å²) in [6.45, 7) is -1.58. The van der Waals surface area contributed by atoms with Crippen LogP contribution in [0, 0.1) is 5.41 Å². The molecule has 1 N–H and O–H groups in total. The van der Waals surface area contributed by atoms with Crippen LogP contribution >= 0.6 is 0 Å². The Hall–Kier alpha value is -1.54. The number of nitrogens with one attached hydrogen (secondary N) is 1. The molecule has 8 heteroatoms. The highest BCUT2D eigenvalue weighted by Crippen LogP contribution is 2.48. The molecular formula is C16H19F2NO4S. The van der Waals surface area contributed by atoms with E-state index in [1.54, 1.807) is 0 Å². The third-order valence-electron chi connectivity index (χ3n) is 5.00. The lowest BCUT2D eigenvalue weighted by molar-refractivity contribution is -0.117. The summed E-state index contributed by atoms with van der Waals surface area (Å²) in [6, 6.07) is 4.84. The van der Waals surface area contributed by atoms with Gasteiger partial charge in [0.25, 0.3) is 0 Å². The van der Waals surface area contributed by atoms with Crippen molar-refractivity contribution >= 4 is 15.6 Å². The molecule has 1 saturated carbocycles. The molecule has 1 aliphatic heterocycles. The van der Waals surface area contributed by atoms with E-state index in [0.717, 1.165) is 0 Å². The van der Waals surface area contributed by atoms with Crippen molar-refractivity contribution in [2.24, 2.45) is 5.41 Å². The number of rotatable bonds is 4. The fraction of sp³-hybridized carbons (Fsp3) is 0.562. The smallest absolute Gasteiger partial charge is 0.387 e. The molecule has 1 aromatic carbocycles. The van der Waals surface area contributed by atoms with Gasteiger partial charge in [-0.2, -0.15) is 8.78 Å². The van der Waals surface area contributed by atoms with Crippen molar-refractivity contribution in [2.75, 3.05) is 13.1 Å². The standard InChI is InChI=1S/C16H19F2NO4S/c17-15(18)23-11-1-3-12(4-2-11)24(21,22)14-13(20)5-6-16(14)7-9-19-10-8-16/h1-4,14-15,19H,5-10H2. The van der Waals surface area contributed by atoms with Gasteiger partial charge >= 0.3 is 6.61 Å². The van der Waals surface area contributed by atoms with Gasteiger partial charge in [0.1, 0.15) is 11.0 Å². The molecular weight excluding hydrogens is 340 g/mol. The first-order valence-corrected chi connectivity index (χ1v) is 9.42. The average molecular weight is 359 g/mol. The molecule has 0 radical (unpaired) electrons. The Kier molecular flexibility index (Phi) is 4.61. The first-order valence-electron chi connectivity index (χ1n) is 7.87. The van der Waals surface area contributed by atoms with Gasteiger partial charge in [0, 0.05) is 6.42 Å². The lowest BCUT2D eigenvalue weighted by atomic mass is 9.77. The predicted octanol–water partition coefficient (Wildman–Crippen LogP) is 2.16. The van der Waals surface area contributed by atoms with E-state index in [4.69, 9.17) is 0 Å². The molecule has 3 rings (SSSR count). The molecule has 1 heterocycles. The molecule has 1 saturated heterocycles. The van der Waals surface area contributed by atoms with Crippen LogP contribution in [0.2, 0.25) is 0 Å². The van der Waals surface area contributed by atoms with Crippen molar-refractivity contribution in [2.45, 2.75) is 42.4 Å². The van der Waals surface area contributed by atoms with Crippen LogP contribution in [-0.2, 0) is 14.6 Å². The molecule has 2 aliphatic rings. The second kappa shape index (κ2) is 6.40. The van der Waals surface area contributed by atoms with Crippen molar-refractivity contribution < 1.29 is 26.7 Å². The van der Waals surface area contributed by atoms with Crippen molar-refractivity contribution in [3.05, 3.63) is 24.3 Å². The molecule has 132 valence electrons. The number of alkyl halides is 2. The average Bonchev–Trinajstić information content (AvgIpc) is 2.85. The molecule has 0 bridgehead atoms. The summed E-state index contributed by atoms with van der Waals surface area (Å²) in [7, 11) is -3.86. The SMILES string of the molecule is O=C1CCC2(CCNCC2)C1S(=O)(=O)c1ccc(OC(F)F)cc1. The molecule has 24 heavy (non-hydrogen) atoms. The summed E-state index contributed by atoms with van der Waals surface area (Å²) in [5, 5.41) is 2.15. The molecule has 0 aromatic heterocycles. The number of sulfone groups is 1. The van der Waals surface area contributed by atoms with Crippen LogP contribution in [0.4, 0.5) is 8.78 Å². The maximum Gasteiger partial charge on any atom is 0.387 e. The van der Waals surface area contributed by atoms with Crippen LogP contribution in [0.3, 0.4) is 0 Å². The highest BCUT2D eigenvalue weighted by Gasteiger charge is 2.54. The second-order valence-corrected chi connectivity index (χ2v) is 8.39. The number of carbonyl (C=O) groups is 1. The Labute approximate surface area is 139 Å². The van der Waals surface area contributed by atoms with E-state index >= 15 is 0 Å². The minimum Gasteiger partial charge on any atom is -0.435 e. The number of carbonyl (C=O) groups excluding carboxylic acids is 1. The summed E-state index contributed by atoms with van der Waals surface area (Å²) < 4.78 is 54.7. The quantitative estimate of drug-likeness (QED) is 0.892. The van der Waals surface area contributed by atoms with E-state index in [2.05, 4.69) is 10.1 Å². The van der Waals surface area contributed by atoms with Crippen molar-refractivity contribution in [3.63, 3.8) is 0 Å². The molecule has 1 spiro atoms. The van der Waals surface area contributed by atoms with Crippen LogP contribution in [0.5, 0.6) is 5.75 Å². The first-order chi connectivity index (χ1) is 11.3. The summed E-state index contributed by atoms with van der Waals surface area (Å²) in [5.74, 6) is -0.358. The summed E-state index contributed by atoms with van der Waals surface area (Å²) >= 11 is 0. The number of hydrogen-bond donors (Lipinski definition) is 1. The summed E-state index contributed by atoms with van der Waals surface area (Å²) in [4.78, 5) is 12.3. The van der Waals surface area contributed by atoms with Gasteiger partial charge in [-0.25, -0.2) is 8.42 Å². The second-order valence-electron chi connectivity index (χ2n) is 6.35. The van der Waals surface area contributed by atoms with Gasteiger partial charge in [-0.05, 0) is 62.0 Å². The van der Waals surface area contributed by atoms with Crippen LogP contribution in [0.15, 0.2) is 29.2 Å². The number of benzene rings is 1. The predicted molar refractivity (Wildman–Crippen MR) is 82.8 cm³/mol. The molecule has 1 unspecified atom stereocenters. The van der Waals surface area contributed by atoms with E-state index < -0.39 is 27.1 Å². The topological polar surface area (TPSA) is 72.5 Å². The fourth-order valence-electron chi connectivity index (χ4n) is 3.86. The summed E-state index contributed by atoms with van der Waals surface area (Å²) in [5.41, 5.74) is -0.515.